The molecule has 4 aromatic rings. The molecular weight excluding hydrogens is 435 g/mol. The van der Waals surface area contributed by atoms with Crippen molar-refractivity contribution in [2.75, 3.05) is 0 Å². The molecule has 34 heavy (non-hydrogen) atoms. The quantitative estimate of drug-likeness (QED) is 0.313. The highest BCUT2D eigenvalue weighted by Crippen LogP contribution is 2.38. The van der Waals surface area contributed by atoms with Crippen LogP contribution in [0.3, 0.4) is 0 Å². The summed E-state index contributed by atoms with van der Waals surface area (Å²) in [4.78, 5) is 12.8. The van der Waals surface area contributed by atoms with Crippen molar-refractivity contribution in [1.29, 1.82) is 0 Å². The normalized spacial score (nSPS) is 12.8. The molecule has 0 saturated carbocycles. The first-order valence-electron chi connectivity index (χ1n) is 11.0. The predicted octanol–water partition coefficient (Wildman–Crippen LogP) is 6.31. The summed E-state index contributed by atoms with van der Waals surface area (Å²) in [7, 11) is 0. The van der Waals surface area contributed by atoms with Crippen LogP contribution in [0.2, 0.25) is 0 Å². The summed E-state index contributed by atoms with van der Waals surface area (Å²) in [5, 5.41) is 3.20. The van der Waals surface area contributed by atoms with E-state index in [0.29, 0.717) is 5.56 Å². The van der Waals surface area contributed by atoms with E-state index in [9.17, 15) is 18.0 Å². The van der Waals surface area contributed by atoms with Crippen molar-refractivity contribution >= 4 is 5.78 Å². The molecule has 4 rings (SSSR count). The maximum absolute atomic E-state index is 13.8. The van der Waals surface area contributed by atoms with Gasteiger partial charge in [0.1, 0.15) is 0 Å². The van der Waals surface area contributed by atoms with Gasteiger partial charge in [-0.05, 0) is 28.7 Å². The van der Waals surface area contributed by atoms with E-state index in [-0.39, 0.29) is 6.42 Å². The van der Waals surface area contributed by atoms with Crippen LogP contribution in [0.5, 0.6) is 0 Å². The Balaban J connectivity index is 1.93. The topological polar surface area (TPSA) is 29.1 Å². The number of nitrogens with one attached hydrogen (secondary N) is 1. The second-order valence-corrected chi connectivity index (χ2v) is 8.10. The maximum atomic E-state index is 13.8. The van der Waals surface area contributed by atoms with Crippen molar-refractivity contribution in [2.24, 2.45) is 0 Å². The first-order chi connectivity index (χ1) is 16.4. The third kappa shape index (κ3) is 4.95. The van der Waals surface area contributed by atoms with E-state index < -0.39 is 23.5 Å². The minimum absolute atomic E-state index is 0.104. The fourth-order valence-corrected chi connectivity index (χ4v) is 4.33. The molecule has 4 aromatic carbocycles. The van der Waals surface area contributed by atoms with Gasteiger partial charge < -0.3 is 0 Å². The Morgan fingerprint density at radius 2 is 0.971 bits per heavy atom. The molecule has 0 heterocycles. The lowest BCUT2D eigenvalue weighted by atomic mass is 9.76. The predicted molar refractivity (Wildman–Crippen MR) is 127 cm³/mol. The summed E-state index contributed by atoms with van der Waals surface area (Å²) in [6.07, 6.45) is -5.09. The van der Waals surface area contributed by atoms with Gasteiger partial charge in [0.2, 0.25) is 0 Å². The molecule has 2 nitrogen and oxygen atoms in total. The molecular formula is C29H24F3NO. The summed E-state index contributed by atoms with van der Waals surface area (Å²) < 4.78 is 41.4. The lowest BCUT2D eigenvalue weighted by Gasteiger charge is -2.40. The zero-order valence-corrected chi connectivity index (χ0v) is 18.4. The summed E-state index contributed by atoms with van der Waals surface area (Å²) >= 11 is 0. The van der Waals surface area contributed by atoms with E-state index in [1.165, 1.54) is 0 Å². The zero-order chi connectivity index (χ0) is 24.0. The van der Waals surface area contributed by atoms with Crippen LogP contribution in [-0.4, -0.2) is 18.0 Å². The standard InChI is InChI=1S/C29H24F3NO/c30-29(31,32)27(34)26(21-22-13-5-1-6-14-22)33-28(23-15-7-2-8-16-23,24-17-9-3-10-18-24)25-19-11-4-12-20-25/h1-20,26,33H,21H2/t26-/m0/s1. The highest BCUT2D eigenvalue weighted by Gasteiger charge is 2.47. The van der Waals surface area contributed by atoms with Crippen molar-refractivity contribution in [2.45, 2.75) is 24.2 Å². The number of Topliss-reactive ketones (excluding diaryl/α,β-unsaturated/α-hetero) is 1. The lowest BCUT2D eigenvalue weighted by molar-refractivity contribution is -0.173. The first-order valence-corrected chi connectivity index (χ1v) is 11.0. The number of halogens is 3. The maximum Gasteiger partial charge on any atom is 0.451 e. The van der Waals surface area contributed by atoms with Crippen LogP contribution in [0.1, 0.15) is 22.3 Å². The molecule has 0 spiro atoms. The van der Waals surface area contributed by atoms with Crippen LogP contribution < -0.4 is 5.32 Å². The van der Waals surface area contributed by atoms with Gasteiger partial charge in [-0.2, -0.15) is 13.2 Å². The molecule has 0 unspecified atom stereocenters. The Morgan fingerprint density at radius 1 is 0.618 bits per heavy atom. The minimum Gasteiger partial charge on any atom is -0.290 e. The van der Waals surface area contributed by atoms with Gasteiger partial charge in [-0.15, -0.1) is 0 Å². The largest absolute Gasteiger partial charge is 0.451 e. The number of carbonyl (C=O) groups is 1. The molecule has 0 radical (unpaired) electrons. The Hall–Kier alpha value is -3.70. The molecule has 1 atom stereocenters. The fourth-order valence-electron chi connectivity index (χ4n) is 4.33. The summed E-state index contributed by atoms with van der Waals surface area (Å²) in [5.74, 6) is -1.80. The second kappa shape index (κ2) is 10.1. The molecule has 0 aliphatic carbocycles. The Labute approximate surface area is 197 Å². The molecule has 172 valence electrons. The van der Waals surface area contributed by atoms with Gasteiger partial charge in [0.05, 0.1) is 11.6 Å². The summed E-state index contributed by atoms with van der Waals surface area (Å²) in [5.41, 5.74) is 1.66. The number of hydrogen-bond acceptors (Lipinski definition) is 2. The monoisotopic (exact) mass is 459 g/mol. The average molecular weight is 460 g/mol. The van der Waals surface area contributed by atoms with Crippen LogP contribution in [0.25, 0.3) is 0 Å². The van der Waals surface area contributed by atoms with Gasteiger partial charge in [-0.25, -0.2) is 0 Å². The van der Waals surface area contributed by atoms with Crippen LogP contribution in [0.15, 0.2) is 121 Å². The van der Waals surface area contributed by atoms with Gasteiger partial charge >= 0.3 is 6.18 Å². The van der Waals surface area contributed by atoms with Gasteiger partial charge in [-0.3, -0.25) is 10.1 Å². The van der Waals surface area contributed by atoms with Crippen LogP contribution >= 0.6 is 0 Å². The van der Waals surface area contributed by atoms with Crippen molar-refractivity contribution in [3.05, 3.63) is 144 Å². The number of carbonyl (C=O) groups excluding carboxylic acids is 1. The van der Waals surface area contributed by atoms with Crippen LogP contribution in [0.4, 0.5) is 13.2 Å². The van der Waals surface area contributed by atoms with Gasteiger partial charge in [0.15, 0.2) is 0 Å². The molecule has 5 heteroatoms. The molecule has 0 aromatic heterocycles. The summed E-state index contributed by atoms with van der Waals surface area (Å²) in [6.45, 7) is 0. The second-order valence-electron chi connectivity index (χ2n) is 8.10. The van der Waals surface area contributed by atoms with Crippen molar-refractivity contribution < 1.29 is 18.0 Å². The van der Waals surface area contributed by atoms with E-state index >= 15 is 0 Å². The van der Waals surface area contributed by atoms with Gasteiger partial charge in [-0.1, -0.05) is 121 Å². The van der Waals surface area contributed by atoms with Crippen LogP contribution in [0, 0.1) is 0 Å². The van der Waals surface area contributed by atoms with Crippen LogP contribution in [-0.2, 0) is 16.8 Å². The van der Waals surface area contributed by atoms with E-state index in [0.717, 1.165) is 16.7 Å². The molecule has 0 aliphatic rings. The first kappa shape index (κ1) is 23.5. The van der Waals surface area contributed by atoms with E-state index in [1.54, 1.807) is 30.3 Å². The molecule has 0 saturated heterocycles. The van der Waals surface area contributed by atoms with Crippen molar-refractivity contribution in [3.8, 4) is 0 Å². The zero-order valence-electron chi connectivity index (χ0n) is 18.4. The molecule has 1 N–H and O–H groups in total. The van der Waals surface area contributed by atoms with Crippen molar-refractivity contribution in [1.82, 2.24) is 5.32 Å². The molecule has 0 amide bonds. The Morgan fingerprint density at radius 3 is 1.32 bits per heavy atom. The highest BCUT2D eigenvalue weighted by molar-refractivity contribution is 5.89. The van der Waals surface area contributed by atoms with Gasteiger partial charge in [0.25, 0.3) is 5.78 Å². The smallest absolute Gasteiger partial charge is 0.290 e. The molecule has 0 bridgehead atoms. The van der Waals surface area contributed by atoms with Gasteiger partial charge in [0, 0.05) is 0 Å². The van der Waals surface area contributed by atoms with Crippen molar-refractivity contribution in [3.63, 3.8) is 0 Å². The number of benzene rings is 4. The lowest BCUT2D eigenvalue weighted by Crippen LogP contribution is -2.56. The number of rotatable bonds is 8. The Bertz CT molecular complexity index is 1100. The molecule has 0 aliphatic heterocycles. The Kier molecular flexibility index (Phi) is 6.94. The van der Waals surface area contributed by atoms with E-state index in [4.69, 9.17) is 0 Å². The third-order valence-electron chi connectivity index (χ3n) is 5.89. The van der Waals surface area contributed by atoms with E-state index in [2.05, 4.69) is 5.32 Å². The SMILES string of the molecule is O=C([C@H](Cc1ccccc1)NC(c1ccccc1)(c1ccccc1)c1ccccc1)C(F)(F)F. The minimum atomic E-state index is -4.98. The average Bonchev–Trinajstić information content (AvgIpc) is 2.88. The number of alkyl halides is 3. The number of hydrogen-bond donors (Lipinski definition) is 1. The summed E-state index contributed by atoms with van der Waals surface area (Å²) in [6, 6.07) is 35.1. The highest BCUT2D eigenvalue weighted by atomic mass is 19.4. The molecule has 0 fully saturated rings. The third-order valence-corrected chi connectivity index (χ3v) is 5.89. The number of ketones is 1. The fraction of sp³-hybridized carbons (Fsp3) is 0.138. The van der Waals surface area contributed by atoms with E-state index in [1.807, 2.05) is 91.0 Å².